The van der Waals surface area contributed by atoms with Crippen LogP contribution >= 0.6 is 11.8 Å². The zero-order valence-corrected chi connectivity index (χ0v) is 15.3. The Kier molecular flexibility index (Phi) is 5.61. The third kappa shape index (κ3) is 4.20. The highest BCUT2D eigenvalue weighted by Crippen LogP contribution is 2.32. The third-order valence-electron chi connectivity index (χ3n) is 4.67. The van der Waals surface area contributed by atoms with Crippen LogP contribution in [0.1, 0.15) is 30.7 Å². The maximum atomic E-state index is 12.4. The highest BCUT2D eigenvalue weighted by Gasteiger charge is 2.23. The lowest BCUT2D eigenvalue weighted by Crippen LogP contribution is -2.39. The van der Waals surface area contributed by atoms with E-state index in [2.05, 4.69) is 36.2 Å². The van der Waals surface area contributed by atoms with Crippen molar-refractivity contribution in [2.75, 3.05) is 13.1 Å². The second kappa shape index (κ2) is 7.88. The second-order valence-corrected chi connectivity index (χ2v) is 7.72. The van der Waals surface area contributed by atoms with E-state index in [1.807, 2.05) is 34.3 Å². The van der Waals surface area contributed by atoms with Gasteiger partial charge in [-0.15, -0.1) is 11.8 Å². The van der Waals surface area contributed by atoms with Gasteiger partial charge in [0.1, 0.15) is 5.82 Å². The van der Waals surface area contributed by atoms with E-state index in [1.165, 1.54) is 10.5 Å². The minimum absolute atomic E-state index is 0.266. The Balaban J connectivity index is 1.45. The molecule has 0 atom stereocenters. The van der Waals surface area contributed by atoms with Crippen LogP contribution in [-0.4, -0.2) is 38.7 Å². The lowest BCUT2D eigenvalue weighted by atomic mass is 10.1. The average Bonchev–Trinajstić information content (AvgIpc) is 3.00. The zero-order chi connectivity index (χ0) is 16.9. The molecule has 0 N–H and O–H groups in total. The van der Waals surface area contributed by atoms with Gasteiger partial charge in [0.2, 0.25) is 5.91 Å². The summed E-state index contributed by atoms with van der Waals surface area (Å²) >= 11 is 1.97. The lowest BCUT2D eigenvalue weighted by Gasteiger charge is -2.32. The van der Waals surface area contributed by atoms with Gasteiger partial charge in [-0.25, -0.2) is 4.98 Å². The quantitative estimate of drug-likeness (QED) is 0.831. The molecule has 24 heavy (non-hydrogen) atoms. The van der Waals surface area contributed by atoms with Gasteiger partial charge in [0.15, 0.2) is 0 Å². The summed E-state index contributed by atoms with van der Waals surface area (Å²) in [6.45, 7) is 6.62. The molecule has 0 spiro atoms. The number of rotatable bonds is 5. The van der Waals surface area contributed by atoms with E-state index < -0.39 is 0 Å². The van der Waals surface area contributed by atoms with E-state index >= 15 is 0 Å². The highest BCUT2D eigenvalue weighted by atomic mass is 32.2. The van der Waals surface area contributed by atoms with Crippen LogP contribution < -0.4 is 0 Å². The molecule has 128 valence electrons. The van der Waals surface area contributed by atoms with Gasteiger partial charge in [0.05, 0.1) is 0 Å². The number of likely N-dealkylation sites (tertiary alicyclic amines) is 1. The van der Waals surface area contributed by atoms with Crippen LogP contribution in [0.5, 0.6) is 0 Å². The molecular formula is C19H25N3OS. The van der Waals surface area contributed by atoms with Crippen LogP contribution in [0.2, 0.25) is 0 Å². The fraction of sp³-hybridized carbons (Fsp3) is 0.474. The average molecular weight is 343 g/mol. The third-order valence-corrected chi connectivity index (χ3v) is 6.19. The number of aryl methyl sites for hydroxylation is 3. The molecule has 4 nitrogen and oxygen atoms in total. The molecule has 0 saturated carbocycles. The maximum Gasteiger partial charge on any atom is 0.224 e. The molecule has 1 aromatic heterocycles. The fourth-order valence-corrected chi connectivity index (χ4v) is 4.32. The van der Waals surface area contributed by atoms with E-state index in [1.54, 1.807) is 6.20 Å². The number of amides is 1. The SMILES string of the molecule is Cc1ccccc1SC1CCN(C(=O)CCn2ccnc2C)CC1. The summed E-state index contributed by atoms with van der Waals surface area (Å²) in [6.07, 6.45) is 6.44. The number of hydrogen-bond acceptors (Lipinski definition) is 3. The van der Waals surface area contributed by atoms with Crippen LogP contribution in [0.15, 0.2) is 41.6 Å². The van der Waals surface area contributed by atoms with Crippen molar-refractivity contribution in [1.29, 1.82) is 0 Å². The molecule has 1 aromatic carbocycles. The number of imidazole rings is 1. The van der Waals surface area contributed by atoms with Gasteiger partial charge in [-0.05, 0) is 38.3 Å². The molecular weight excluding hydrogens is 318 g/mol. The molecule has 2 aromatic rings. The van der Waals surface area contributed by atoms with Crippen LogP contribution in [-0.2, 0) is 11.3 Å². The van der Waals surface area contributed by atoms with Crippen molar-refractivity contribution in [2.45, 2.75) is 49.8 Å². The van der Waals surface area contributed by atoms with E-state index in [9.17, 15) is 4.79 Å². The van der Waals surface area contributed by atoms with Crippen molar-refractivity contribution in [1.82, 2.24) is 14.5 Å². The Morgan fingerprint density at radius 3 is 2.67 bits per heavy atom. The molecule has 1 aliphatic rings. The summed E-state index contributed by atoms with van der Waals surface area (Å²) in [5, 5.41) is 0.617. The first-order valence-electron chi connectivity index (χ1n) is 8.61. The molecule has 3 rings (SSSR count). The molecule has 0 unspecified atom stereocenters. The number of hydrogen-bond donors (Lipinski definition) is 0. The van der Waals surface area contributed by atoms with Crippen molar-refractivity contribution >= 4 is 17.7 Å². The van der Waals surface area contributed by atoms with Gasteiger partial charge in [-0.1, -0.05) is 18.2 Å². The number of carbonyl (C=O) groups is 1. The first-order valence-corrected chi connectivity index (χ1v) is 9.49. The van der Waals surface area contributed by atoms with Gasteiger partial charge < -0.3 is 9.47 Å². The van der Waals surface area contributed by atoms with Crippen molar-refractivity contribution in [3.8, 4) is 0 Å². The van der Waals surface area contributed by atoms with E-state index in [0.717, 1.165) is 38.3 Å². The van der Waals surface area contributed by atoms with Gasteiger partial charge in [-0.3, -0.25) is 4.79 Å². The van der Waals surface area contributed by atoms with E-state index in [4.69, 9.17) is 0 Å². The smallest absolute Gasteiger partial charge is 0.224 e. The van der Waals surface area contributed by atoms with E-state index in [0.29, 0.717) is 11.7 Å². The largest absolute Gasteiger partial charge is 0.343 e. The van der Waals surface area contributed by atoms with Crippen molar-refractivity contribution in [3.63, 3.8) is 0 Å². The maximum absolute atomic E-state index is 12.4. The Hall–Kier alpha value is -1.75. The van der Waals surface area contributed by atoms with Gasteiger partial charge in [-0.2, -0.15) is 0 Å². The van der Waals surface area contributed by atoms with Crippen LogP contribution in [0.4, 0.5) is 0 Å². The van der Waals surface area contributed by atoms with Crippen molar-refractivity contribution in [3.05, 3.63) is 48.0 Å². The van der Waals surface area contributed by atoms with Crippen LogP contribution in [0.25, 0.3) is 0 Å². The van der Waals surface area contributed by atoms with Gasteiger partial charge in [0.25, 0.3) is 0 Å². The number of carbonyl (C=O) groups excluding carboxylic acids is 1. The normalized spacial score (nSPS) is 15.7. The number of nitrogens with zero attached hydrogens (tertiary/aromatic N) is 3. The standard InChI is InChI=1S/C19H25N3OS/c1-15-5-3-4-6-18(15)24-17-7-11-22(12-8-17)19(23)9-13-21-14-10-20-16(21)2/h3-6,10,14,17H,7-9,11-13H2,1-2H3. The fourth-order valence-electron chi connectivity index (χ4n) is 3.11. The molecule has 5 heteroatoms. The van der Waals surface area contributed by atoms with Crippen molar-refractivity contribution in [2.24, 2.45) is 0 Å². The Bertz CT molecular complexity index is 689. The Morgan fingerprint density at radius 2 is 2.00 bits per heavy atom. The molecule has 1 aliphatic heterocycles. The predicted octanol–water partition coefficient (Wildman–Crippen LogP) is 3.67. The summed E-state index contributed by atoms with van der Waals surface area (Å²) < 4.78 is 2.04. The molecule has 1 amide bonds. The summed E-state index contributed by atoms with van der Waals surface area (Å²) in [5.41, 5.74) is 1.34. The number of benzene rings is 1. The van der Waals surface area contributed by atoms with Crippen LogP contribution in [0.3, 0.4) is 0 Å². The summed E-state index contributed by atoms with van der Waals surface area (Å²) in [6, 6.07) is 8.55. The molecule has 0 bridgehead atoms. The molecule has 1 saturated heterocycles. The van der Waals surface area contributed by atoms with Crippen LogP contribution in [0, 0.1) is 13.8 Å². The minimum Gasteiger partial charge on any atom is -0.343 e. The topological polar surface area (TPSA) is 38.1 Å². The molecule has 0 radical (unpaired) electrons. The summed E-state index contributed by atoms with van der Waals surface area (Å²) in [5.74, 6) is 1.23. The first-order chi connectivity index (χ1) is 11.6. The number of thioether (sulfide) groups is 1. The lowest BCUT2D eigenvalue weighted by molar-refractivity contribution is -0.132. The Morgan fingerprint density at radius 1 is 1.25 bits per heavy atom. The second-order valence-electron chi connectivity index (χ2n) is 6.38. The van der Waals surface area contributed by atoms with Crippen molar-refractivity contribution < 1.29 is 4.79 Å². The molecule has 1 fully saturated rings. The monoisotopic (exact) mass is 343 g/mol. The zero-order valence-electron chi connectivity index (χ0n) is 14.4. The number of aromatic nitrogens is 2. The van der Waals surface area contributed by atoms with Gasteiger partial charge in [0, 0.05) is 48.6 Å². The first kappa shape index (κ1) is 17.1. The molecule has 0 aliphatic carbocycles. The highest BCUT2D eigenvalue weighted by molar-refractivity contribution is 8.00. The van der Waals surface area contributed by atoms with E-state index in [-0.39, 0.29) is 5.91 Å². The minimum atomic E-state index is 0.266. The van der Waals surface area contributed by atoms with Gasteiger partial charge >= 0.3 is 0 Å². The summed E-state index contributed by atoms with van der Waals surface area (Å²) in [4.78, 5) is 20.0. The summed E-state index contributed by atoms with van der Waals surface area (Å²) in [7, 11) is 0. The molecule has 2 heterocycles. The number of piperidine rings is 1. The Labute approximate surface area is 148 Å². The predicted molar refractivity (Wildman–Crippen MR) is 98.2 cm³/mol.